The van der Waals surface area contributed by atoms with E-state index in [1.54, 1.807) is 12.1 Å². The van der Waals surface area contributed by atoms with Gasteiger partial charge in [0.2, 0.25) is 5.88 Å². The second-order valence-corrected chi connectivity index (χ2v) is 4.91. The molecule has 5 nitrogen and oxygen atoms in total. The lowest BCUT2D eigenvalue weighted by Gasteiger charge is -2.12. The molecule has 0 saturated carbocycles. The van der Waals surface area contributed by atoms with Crippen LogP contribution in [0.2, 0.25) is 5.02 Å². The third-order valence-corrected chi connectivity index (χ3v) is 3.24. The summed E-state index contributed by atoms with van der Waals surface area (Å²) in [6.07, 6.45) is 1.39. The maximum absolute atomic E-state index is 5.95. The van der Waals surface area contributed by atoms with Crippen LogP contribution in [0.3, 0.4) is 0 Å². The van der Waals surface area contributed by atoms with E-state index in [0.29, 0.717) is 29.0 Å². The topological polar surface area (TPSA) is 73.1 Å². The number of ether oxygens (including phenoxy) is 1. The number of nitrogen functional groups attached to an aromatic ring is 1. The van der Waals surface area contributed by atoms with Gasteiger partial charge in [0.1, 0.15) is 12.0 Å². The summed E-state index contributed by atoms with van der Waals surface area (Å²) in [4.78, 5) is 8.07. The molecule has 19 heavy (non-hydrogen) atoms. The van der Waals surface area contributed by atoms with Gasteiger partial charge in [0.25, 0.3) is 0 Å². The Morgan fingerprint density at radius 2 is 2.21 bits per heavy atom. The fourth-order valence-electron chi connectivity index (χ4n) is 1.45. The Kier molecular flexibility index (Phi) is 4.44. The number of nitrogens with one attached hydrogen (secondary N) is 1. The van der Waals surface area contributed by atoms with Crippen molar-refractivity contribution in [2.75, 3.05) is 17.7 Å². The fraction of sp³-hybridized carbons (Fsp3) is 0.167. The number of rotatable bonds is 4. The van der Waals surface area contributed by atoms with Crippen LogP contribution in [0.5, 0.6) is 5.88 Å². The van der Waals surface area contributed by atoms with Gasteiger partial charge < -0.3 is 15.8 Å². The summed E-state index contributed by atoms with van der Waals surface area (Å²) in [5, 5.41) is 3.71. The number of hydrogen-bond donors (Lipinski definition) is 2. The largest absolute Gasteiger partial charge is 0.476 e. The SMILES string of the molecule is CCOc1ncnc(Nc2cc(Cl)ccc2Br)c1N. The van der Waals surface area contributed by atoms with Crippen LogP contribution >= 0.6 is 27.5 Å². The molecule has 1 aromatic heterocycles. The van der Waals surface area contributed by atoms with Gasteiger partial charge in [0, 0.05) is 9.50 Å². The van der Waals surface area contributed by atoms with Crippen LogP contribution in [0.25, 0.3) is 0 Å². The maximum atomic E-state index is 5.95. The molecule has 1 aromatic carbocycles. The predicted octanol–water partition coefficient (Wildman–Crippen LogP) is 3.62. The zero-order valence-electron chi connectivity index (χ0n) is 10.2. The molecule has 0 spiro atoms. The van der Waals surface area contributed by atoms with Gasteiger partial charge in [-0.15, -0.1) is 0 Å². The number of halogens is 2. The van der Waals surface area contributed by atoms with E-state index in [-0.39, 0.29) is 0 Å². The first-order chi connectivity index (χ1) is 9.11. The lowest BCUT2D eigenvalue weighted by molar-refractivity contribution is 0.328. The zero-order chi connectivity index (χ0) is 13.8. The second kappa shape index (κ2) is 6.08. The predicted molar refractivity (Wildman–Crippen MR) is 80.0 cm³/mol. The van der Waals surface area contributed by atoms with E-state index < -0.39 is 0 Å². The Morgan fingerprint density at radius 3 is 2.95 bits per heavy atom. The van der Waals surface area contributed by atoms with Gasteiger partial charge in [-0.25, -0.2) is 4.98 Å². The van der Waals surface area contributed by atoms with E-state index in [9.17, 15) is 0 Å². The van der Waals surface area contributed by atoms with Gasteiger partial charge in [0.05, 0.1) is 12.3 Å². The van der Waals surface area contributed by atoms with Crippen LogP contribution in [-0.2, 0) is 0 Å². The molecule has 0 aliphatic heterocycles. The van der Waals surface area contributed by atoms with Crippen LogP contribution in [-0.4, -0.2) is 16.6 Å². The first kappa shape index (κ1) is 13.9. The van der Waals surface area contributed by atoms with Crippen molar-refractivity contribution in [3.63, 3.8) is 0 Å². The summed E-state index contributed by atoms with van der Waals surface area (Å²) in [6.45, 7) is 2.35. The van der Waals surface area contributed by atoms with E-state index in [2.05, 4.69) is 31.2 Å². The Balaban J connectivity index is 2.33. The minimum Gasteiger partial charge on any atom is -0.476 e. The van der Waals surface area contributed by atoms with Crippen molar-refractivity contribution < 1.29 is 4.74 Å². The molecule has 1 heterocycles. The molecule has 2 rings (SSSR count). The summed E-state index contributed by atoms with van der Waals surface area (Å²) in [6, 6.07) is 5.39. The highest BCUT2D eigenvalue weighted by Gasteiger charge is 2.10. The van der Waals surface area contributed by atoms with Crippen molar-refractivity contribution in [3.05, 3.63) is 34.0 Å². The van der Waals surface area contributed by atoms with E-state index in [4.69, 9.17) is 22.1 Å². The van der Waals surface area contributed by atoms with Crippen LogP contribution in [0.15, 0.2) is 29.0 Å². The third-order valence-electron chi connectivity index (χ3n) is 2.31. The van der Waals surface area contributed by atoms with Crippen molar-refractivity contribution in [1.29, 1.82) is 0 Å². The summed E-state index contributed by atoms with van der Waals surface area (Å²) in [7, 11) is 0. The maximum Gasteiger partial charge on any atom is 0.242 e. The number of benzene rings is 1. The van der Waals surface area contributed by atoms with Gasteiger partial charge in [0.15, 0.2) is 5.82 Å². The van der Waals surface area contributed by atoms with Crippen molar-refractivity contribution in [1.82, 2.24) is 9.97 Å². The third kappa shape index (κ3) is 3.27. The molecule has 0 unspecified atom stereocenters. The van der Waals surface area contributed by atoms with Crippen molar-refractivity contribution in [2.45, 2.75) is 6.92 Å². The molecular weight excluding hydrogens is 332 g/mol. The minimum absolute atomic E-state index is 0.358. The van der Waals surface area contributed by atoms with Crippen LogP contribution in [0, 0.1) is 0 Å². The van der Waals surface area contributed by atoms with Crippen molar-refractivity contribution in [3.8, 4) is 5.88 Å². The molecule has 0 fully saturated rings. The molecule has 0 radical (unpaired) electrons. The highest BCUT2D eigenvalue weighted by molar-refractivity contribution is 9.10. The minimum atomic E-state index is 0.358. The lowest BCUT2D eigenvalue weighted by atomic mass is 10.3. The lowest BCUT2D eigenvalue weighted by Crippen LogP contribution is -2.05. The Morgan fingerprint density at radius 1 is 1.42 bits per heavy atom. The Bertz CT molecular complexity index is 594. The molecule has 100 valence electrons. The van der Waals surface area contributed by atoms with Gasteiger partial charge in [-0.05, 0) is 41.1 Å². The number of nitrogens with two attached hydrogens (primary N) is 1. The molecule has 2 aromatic rings. The van der Waals surface area contributed by atoms with Crippen LogP contribution < -0.4 is 15.8 Å². The average Bonchev–Trinajstić information content (AvgIpc) is 2.39. The first-order valence-electron chi connectivity index (χ1n) is 5.57. The average molecular weight is 344 g/mol. The van der Waals surface area contributed by atoms with E-state index in [1.165, 1.54) is 6.33 Å². The van der Waals surface area contributed by atoms with E-state index >= 15 is 0 Å². The highest BCUT2D eigenvalue weighted by atomic mass is 79.9. The van der Waals surface area contributed by atoms with Crippen LogP contribution in [0.4, 0.5) is 17.2 Å². The van der Waals surface area contributed by atoms with E-state index in [1.807, 2.05) is 13.0 Å². The normalized spacial score (nSPS) is 10.3. The zero-order valence-corrected chi connectivity index (χ0v) is 12.5. The molecule has 7 heteroatoms. The van der Waals surface area contributed by atoms with Gasteiger partial charge in [-0.1, -0.05) is 11.6 Å². The number of anilines is 3. The summed E-state index contributed by atoms with van der Waals surface area (Å²) in [5.41, 5.74) is 7.07. The standard InChI is InChI=1S/C12H12BrClN4O/c1-2-19-12-10(15)11(16-6-17-12)18-9-5-7(14)3-4-8(9)13/h3-6H,2,15H2,1H3,(H,16,17,18). The van der Waals surface area contributed by atoms with E-state index in [0.717, 1.165) is 10.2 Å². The van der Waals surface area contributed by atoms with Gasteiger partial charge >= 0.3 is 0 Å². The first-order valence-corrected chi connectivity index (χ1v) is 6.74. The Hall–Kier alpha value is -1.53. The van der Waals surface area contributed by atoms with Crippen molar-refractivity contribution >= 4 is 44.7 Å². The smallest absolute Gasteiger partial charge is 0.242 e. The molecule has 0 amide bonds. The monoisotopic (exact) mass is 342 g/mol. The van der Waals surface area contributed by atoms with Crippen LogP contribution in [0.1, 0.15) is 6.92 Å². The number of aromatic nitrogens is 2. The summed E-state index contributed by atoms with van der Waals surface area (Å²) >= 11 is 9.38. The molecule has 0 saturated heterocycles. The molecular formula is C12H12BrClN4O. The summed E-state index contributed by atoms with van der Waals surface area (Å²) < 4.78 is 6.17. The molecule has 3 N–H and O–H groups in total. The number of hydrogen-bond acceptors (Lipinski definition) is 5. The molecule has 0 aliphatic carbocycles. The van der Waals surface area contributed by atoms with Crippen molar-refractivity contribution in [2.24, 2.45) is 0 Å². The summed E-state index contributed by atoms with van der Waals surface area (Å²) in [5.74, 6) is 0.833. The molecule has 0 bridgehead atoms. The molecule has 0 atom stereocenters. The molecule has 0 aliphatic rings. The van der Waals surface area contributed by atoms with Gasteiger partial charge in [-0.2, -0.15) is 4.98 Å². The van der Waals surface area contributed by atoms with Gasteiger partial charge in [-0.3, -0.25) is 0 Å². The number of nitrogens with zero attached hydrogens (tertiary/aromatic N) is 2. The second-order valence-electron chi connectivity index (χ2n) is 3.62. The highest BCUT2D eigenvalue weighted by Crippen LogP contribution is 2.32. The Labute approximate surface area is 124 Å². The fourth-order valence-corrected chi connectivity index (χ4v) is 1.97. The quantitative estimate of drug-likeness (QED) is 0.887.